The van der Waals surface area contributed by atoms with Gasteiger partial charge in [0.15, 0.2) is 0 Å². The van der Waals surface area contributed by atoms with Crippen molar-refractivity contribution in [3.05, 3.63) is 51.7 Å². The minimum atomic E-state index is -0.673. The van der Waals surface area contributed by atoms with Gasteiger partial charge >= 0.3 is 0 Å². The predicted octanol–water partition coefficient (Wildman–Crippen LogP) is 4.41. The van der Waals surface area contributed by atoms with Crippen LogP contribution in [0.2, 0.25) is 0 Å². The number of thiazole rings is 1. The van der Waals surface area contributed by atoms with E-state index in [4.69, 9.17) is 4.98 Å². The highest BCUT2D eigenvalue weighted by molar-refractivity contribution is 7.10. The molecule has 0 spiro atoms. The van der Waals surface area contributed by atoms with E-state index in [1.807, 2.05) is 11.8 Å². The molecule has 1 saturated carbocycles. The van der Waals surface area contributed by atoms with Crippen molar-refractivity contribution in [2.45, 2.75) is 82.8 Å². The van der Waals surface area contributed by atoms with Crippen LogP contribution in [0.5, 0.6) is 0 Å². The smallest absolute Gasteiger partial charge is 0.246 e. The molecule has 7 nitrogen and oxygen atoms in total. The van der Waals surface area contributed by atoms with Crippen molar-refractivity contribution in [1.82, 2.24) is 20.5 Å². The number of hydrogen-bond acceptors (Lipinski definition) is 6. The van der Waals surface area contributed by atoms with Gasteiger partial charge in [0.25, 0.3) is 0 Å². The van der Waals surface area contributed by atoms with Crippen LogP contribution in [0.25, 0.3) is 0 Å². The van der Waals surface area contributed by atoms with Gasteiger partial charge in [-0.3, -0.25) is 14.4 Å². The summed E-state index contributed by atoms with van der Waals surface area (Å²) < 4.78 is 13.3. The molecule has 1 aromatic heterocycles. The van der Waals surface area contributed by atoms with E-state index in [2.05, 4.69) is 10.6 Å². The van der Waals surface area contributed by atoms with Crippen molar-refractivity contribution in [2.75, 3.05) is 13.6 Å². The molecule has 1 unspecified atom stereocenters. The van der Waals surface area contributed by atoms with E-state index >= 15 is 0 Å². The number of nitrogens with one attached hydrogen (secondary N) is 2. The lowest BCUT2D eigenvalue weighted by Gasteiger charge is -2.46. The Morgan fingerprint density at radius 2 is 1.81 bits per heavy atom. The number of benzene rings is 1. The van der Waals surface area contributed by atoms with Crippen LogP contribution in [-0.4, -0.2) is 53.2 Å². The van der Waals surface area contributed by atoms with Gasteiger partial charge in [0.1, 0.15) is 22.6 Å². The highest BCUT2D eigenvalue weighted by atomic mass is 32.1. The first kappa shape index (κ1) is 27.4. The zero-order valence-corrected chi connectivity index (χ0v) is 22.7. The quantitative estimate of drug-likeness (QED) is 0.495. The Kier molecular flexibility index (Phi) is 8.75. The average molecular weight is 529 g/mol. The number of hydrogen-bond donors (Lipinski definition) is 2. The normalized spacial score (nSPS) is 22.3. The third-order valence-corrected chi connectivity index (χ3v) is 9.07. The maximum atomic E-state index is 14.2. The summed E-state index contributed by atoms with van der Waals surface area (Å²) >= 11 is 1.37. The largest absolute Gasteiger partial charge is 0.343 e. The van der Waals surface area contributed by atoms with Crippen LogP contribution in [0.1, 0.15) is 86.3 Å². The monoisotopic (exact) mass is 528 g/mol. The predicted molar refractivity (Wildman–Crippen MR) is 142 cm³/mol. The second-order valence-electron chi connectivity index (χ2n) is 10.5. The molecule has 0 bridgehead atoms. The maximum absolute atomic E-state index is 14.2. The molecule has 1 aliphatic heterocycles. The van der Waals surface area contributed by atoms with Crippen molar-refractivity contribution < 1.29 is 18.8 Å². The summed E-state index contributed by atoms with van der Waals surface area (Å²) in [5.74, 6) is -0.803. The van der Waals surface area contributed by atoms with Crippen molar-refractivity contribution in [3.8, 4) is 0 Å². The zero-order chi connectivity index (χ0) is 26.6. The molecule has 1 saturated heterocycles. The minimum Gasteiger partial charge on any atom is -0.343 e. The van der Waals surface area contributed by atoms with E-state index < -0.39 is 23.4 Å². The summed E-state index contributed by atoms with van der Waals surface area (Å²) in [6, 6.07) is 4.46. The SMILES string of the molecule is CN[C@@H](C)C(=O)N[C@H](C(=O)N1CCCCC1(C)c1nc(C(=O)c2ccc(F)cc2)cs1)C1CCCCC1. The number of halogens is 1. The lowest BCUT2D eigenvalue weighted by molar-refractivity contribution is -0.146. The molecule has 2 heterocycles. The summed E-state index contributed by atoms with van der Waals surface area (Å²) in [6.45, 7) is 4.39. The molecule has 4 rings (SSSR count). The Morgan fingerprint density at radius 1 is 1.11 bits per heavy atom. The van der Waals surface area contributed by atoms with Crippen LogP contribution in [0.4, 0.5) is 4.39 Å². The number of carbonyl (C=O) groups excluding carboxylic acids is 3. The fourth-order valence-electron chi connectivity index (χ4n) is 5.50. The number of ketones is 1. The number of amides is 2. The molecule has 1 aromatic carbocycles. The van der Waals surface area contributed by atoms with Gasteiger partial charge in [-0.2, -0.15) is 0 Å². The first-order valence-electron chi connectivity index (χ1n) is 13.3. The fraction of sp³-hybridized carbons (Fsp3) is 0.571. The van der Waals surface area contributed by atoms with Crippen LogP contribution in [0, 0.1) is 11.7 Å². The van der Waals surface area contributed by atoms with Crippen LogP contribution in [-0.2, 0) is 15.1 Å². The standard InChI is InChI=1S/C28H37FN4O3S/c1-18(30-3)25(35)32-23(19-9-5-4-6-10-19)26(36)33-16-8-7-15-28(33,2)27-31-22(17-37-27)24(34)20-11-13-21(29)14-12-20/h11-14,17-19,23,30H,4-10,15-16H2,1-3H3,(H,32,35)/t18-,23-,28?/m0/s1. The van der Waals surface area contributed by atoms with Gasteiger partial charge in [0, 0.05) is 17.5 Å². The number of likely N-dealkylation sites (tertiary alicyclic amines) is 1. The average Bonchev–Trinajstić information content (AvgIpc) is 3.43. The van der Waals surface area contributed by atoms with Crippen molar-refractivity contribution >= 4 is 28.9 Å². The lowest BCUT2D eigenvalue weighted by Crippen LogP contribution is -2.60. The van der Waals surface area contributed by atoms with Crippen LogP contribution in [0.3, 0.4) is 0 Å². The molecule has 2 aromatic rings. The van der Waals surface area contributed by atoms with Gasteiger partial charge < -0.3 is 15.5 Å². The molecule has 2 amide bonds. The first-order valence-corrected chi connectivity index (χ1v) is 14.2. The minimum absolute atomic E-state index is 0.0626. The van der Waals surface area contributed by atoms with Crippen LogP contribution >= 0.6 is 11.3 Å². The zero-order valence-electron chi connectivity index (χ0n) is 21.9. The topological polar surface area (TPSA) is 91.4 Å². The maximum Gasteiger partial charge on any atom is 0.246 e. The number of rotatable bonds is 8. The Hall–Kier alpha value is -2.65. The second-order valence-corrected chi connectivity index (χ2v) is 11.3. The summed E-state index contributed by atoms with van der Waals surface area (Å²) in [5.41, 5.74) is -0.00220. The molecule has 3 atom stereocenters. The van der Waals surface area contributed by atoms with Gasteiger partial charge in [0.05, 0.1) is 11.6 Å². The van der Waals surface area contributed by atoms with E-state index in [0.29, 0.717) is 22.8 Å². The number of nitrogens with zero attached hydrogens (tertiary/aromatic N) is 2. The van der Waals surface area contributed by atoms with Gasteiger partial charge in [0.2, 0.25) is 17.6 Å². The molecular formula is C28H37FN4O3S. The van der Waals surface area contributed by atoms with Crippen molar-refractivity contribution in [2.24, 2.45) is 5.92 Å². The number of piperidine rings is 1. The highest BCUT2D eigenvalue weighted by Gasteiger charge is 2.45. The van der Waals surface area contributed by atoms with Gasteiger partial charge in [-0.05, 0) is 83.2 Å². The van der Waals surface area contributed by atoms with E-state index in [1.165, 1.54) is 35.6 Å². The summed E-state index contributed by atoms with van der Waals surface area (Å²) in [4.78, 5) is 46.6. The number of likely N-dealkylation sites (N-methyl/N-ethyl adjacent to an activating group) is 1. The van der Waals surface area contributed by atoms with E-state index in [-0.39, 0.29) is 23.5 Å². The van der Waals surface area contributed by atoms with Crippen LogP contribution < -0.4 is 10.6 Å². The molecule has 1 aliphatic carbocycles. The van der Waals surface area contributed by atoms with Gasteiger partial charge in [-0.25, -0.2) is 9.37 Å². The molecular weight excluding hydrogens is 491 g/mol. The first-order chi connectivity index (χ1) is 17.7. The Balaban J connectivity index is 1.61. The number of carbonyl (C=O) groups is 3. The third kappa shape index (κ3) is 5.93. The summed E-state index contributed by atoms with van der Waals surface area (Å²) in [6.07, 6.45) is 7.67. The Bertz CT molecular complexity index is 1110. The van der Waals surface area contributed by atoms with Crippen molar-refractivity contribution in [3.63, 3.8) is 0 Å². The van der Waals surface area contributed by atoms with E-state index in [0.717, 1.165) is 51.4 Å². The summed E-state index contributed by atoms with van der Waals surface area (Å²) in [7, 11) is 1.73. The van der Waals surface area contributed by atoms with Gasteiger partial charge in [-0.1, -0.05) is 19.3 Å². The van der Waals surface area contributed by atoms with E-state index in [1.54, 1.807) is 19.4 Å². The molecule has 2 N–H and O–H groups in total. The van der Waals surface area contributed by atoms with Crippen LogP contribution in [0.15, 0.2) is 29.6 Å². The second kappa shape index (κ2) is 11.8. The Labute approximate surface area is 222 Å². The molecule has 200 valence electrons. The molecule has 0 radical (unpaired) electrons. The Morgan fingerprint density at radius 3 is 2.49 bits per heavy atom. The van der Waals surface area contributed by atoms with E-state index in [9.17, 15) is 18.8 Å². The molecule has 37 heavy (non-hydrogen) atoms. The fourth-order valence-corrected chi connectivity index (χ4v) is 6.50. The molecule has 2 aliphatic rings. The third-order valence-electron chi connectivity index (χ3n) is 7.97. The summed E-state index contributed by atoms with van der Waals surface area (Å²) in [5, 5.41) is 8.48. The highest BCUT2D eigenvalue weighted by Crippen LogP contribution is 2.40. The van der Waals surface area contributed by atoms with Crippen molar-refractivity contribution in [1.29, 1.82) is 0 Å². The van der Waals surface area contributed by atoms with Gasteiger partial charge in [-0.15, -0.1) is 11.3 Å². The lowest BCUT2D eigenvalue weighted by atomic mass is 9.81. The molecule has 2 fully saturated rings. The number of aromatic nitrogens is 1. The molecule has 9 heteroatoms.